The van der Waals surface area contributed by atoms with Crippen LogP contribution in [0.25, 0.3) is 0 Å². The average molecular weight is 244 g/mol. The minimum atomic E-state index is 0.0530. The highest BCUT2D eigenvalue weighted by atomic mass is 35.5. The zero-order valence-corrected chi connectivity index (χ0v) is 9.87. The summed E-state index contributed by atoms with van der Waals surface area (Å²) in [7, 11) is 0. The molecule has 0 unspecified atom stereocenters. The fraction of sp³-hybridized carbons (Fsp3) is 0.143. The standard InChI is InChI=1S/C14H10ClNO/c15-10-4-5-11-9(8-10)3-6-13-12(14(11)17)2-1-7-16-13/h1-2,4-5,7-8H,3,6H2. The van der Waals surface area contributed by atoms with Gasteiger partial charge in [0.25, 0.3) is 0 Å². The second kappa shape index (κ2) is 3.97. The largest absolute Gasteiger partial charge is 0.289 e. The first-order chi connectivity index (χ1) is 8.25. The molecule has 2 nitrogen and oxygen atoms in total. The number of halogens is 1. The quantitative estimate of drug-likeness (QED) is 0.712. The van der Waals surface area contributed by atoms with E-state index in [9.17, 15) is 4.79 Å². The molecule has 0 saturated heterocycles. The van der Waals surface area contributed by atoms with E-state index in [1.54, 1.807) is 18.3 Å². The van der Waals surface area contributed by atoms with Gasteiger partial charge in [-0.15, -0.1) is 0 Å². The van der Waals surface area contributed by atoms with Crippen molar-refractivity contribution < 1.29 is 4.79 Å². The molecular weight excluding hydrogens is 234 g/mol. The van der Waals surface area contributed by atoms with Crippen molar-refractivity contribution in [3.05, 3.63) is 63.9 Å². The predicted molar refractivity (Wildman–Crippen MR) is 66.5 cm³/mol. The number of nitrogens with zero attached hydrogens (tertiary/aromatic N) is 1. The van der Waals surface area contributed by atoms with E-state index in [0.29, 0.717) is 10.6 Å². The smallest absolute Gasteiger partial charge is 0.195 e. The maximum atomic E-state index is 12.4. The van der Waals surface area contributed by atoms with Crippen LogP contribution in [-0.4, -0.2) is 10.8 Å². The number of hydrogen-bond acceptors (Lipinski definition) is 2. The number of fused-ring (bicyclic) bond motifs is 2. The zero-order valence-electron chi connectivity index (χ0n) is 9.11. The third-order valence-corrected chi connectivity index (χ3v) is 3.31. The van der Waals surface area contributed by atoms with Gasteiger partial charge in [-0.1, -0.05) is 11.6 Å². The highest BCUT2D eigenvalue weighted by Crippen LogP contribution is 2.25. The van der Waals surface area contributed by atoms with Crippen molar-refractivity contribution >= 4 is 17.4 Å². The lowest BCUT2D eigenvalue weighted by Crippen LogP contribution is -2.04. The number of pyridine rings is 1. The Kier molecular flexibility index (Phi) is 2.45. The number of hydrogen-bond donors (Lipinski definition) is 0. The molecule has 0 aliphatic heterocycles. The van der Waals surface area contributed by atoms with Crippen molar-refractivity contribution in [2.45, 2.75) is 12.8 Å². The zero-order chi connectivity index (χ0) is 11.8. The molecular formula is C14H10ClNO. The maximum Gasteiger partial charge on any atom is 0.195 e. The molecule has 1 aliphatic carbocycles. The summed E-state index contributed by atoms with van der Waals surface area (Å²) in [6, 6.07) is 9.09. The lowest BCUT2D eigenvalue weighted by atomic mass is 10.0. The van der Waals surface area contributed by atoms with E-state index < -0.39 is 0 Å². The molecule has 0 N–H and O–H groups in total. The van der Waals surface area contributed by atoms with Gasteiger partial charge in [-0.3, -0.25) is 9.78 Å². The van der Waals surface area contributed by atoms with Crippen molar-refractivity contribution in [1.29, 1.82) is 0 Å². The minimum Gasteiger partial charge on any atom is -0.289 e. The van der Waals surface area contributed by atoms with Gasteiger partial charge >= 0.3 is 0 Å². The number of aryl methyl sites for hydroxylation is 2. The first kappa shape index (κ1) is 10.5. The molecule has 2 aromatic rings. The number of carbonyl (C=O) groups is 1. The molecule has 0 bridgehead atoms. The van der Waals surface area contributed by atoms with Crippen LogP contribution in [0.2, 0.25) is 5.02 Å². The van der Waals surface area contributed by atoms with Gasteiger partial charge in [0.2, 0.25) is 0 Å². The highest BCUT2D eigenvalue weighted by Gasteiger charge is 2.21. The normalized spacial score (nSPS) is 13.8. The van der Waals surface area contributed by atoms with Gasteiger partial charge in [0.05, 0.1) is 5.69 Å². The number of ketones is 1. The fourth-order valence-electron chi connectivity index (χ4n) is 2.23. The van der Waals surface area contributed by atoms with E-state index >= 15 is 0 Å². The lowest BCUT2D eigenvalue weighted by Gasteiger charge is -2.04. The van der Waals surface area contributed by atoms with Gasteiger partial charge in [0.1, 0.15) is 0 Å². The van der Waals surface area contributed by atoms with Gasteiger partial charge in [-0.25, -0.2) is 0 Å². The molecule has 3 rings (SSSR count). The monoisotopic (exact) mass is 243 g/mol. The first-order valence-electron chi connectivity index (χ1n) is 5.53. The molecule has 1 heterocycles. The van der Waals surface area contributed by atoms with Crippen LogP contribution < -0.4 is 0 Å². The summed E-state index contributed by atoms with van der Waals surface area (Å²) < 4.78 is 0. The second-order valence-electron chi connectivity index (χ2n) is 4.13. The van der Waals surface area contributed by atoms with E-state index in [-0.39, 0.29) is 5.78 Å². The van der Waals surface area contributed by atoms with Crippen LogP contribution in [0.3, 0.4) is 0 Å². The van der Waals surface area contributed by atoms with E-state index in [1.165, 1.54) is 0 Å². The summed E-state index contributed by atoms with van der Waals surface area (Å²) in [5, 5.41) is 0.676. The number of benzene rings is 1. The van der Waals surface area contributed by atoms with Crippen LogP contribution in [0.5, 0.6) is 0 Å². The summed E-state index contributed by atoms with van der Waals surface area (Å²) in [6.45, 7) is 0. The molecule has 3 heteroatoms. The molecule has 0 fully saturated rings. The summed E-state index contributed by atoms with van der Waals surface area (Å²) in [4.78, 5) is 16.6. The Morgan fingerprint density at radius 1 is 1.12 bits per heavy atom. The number of rotatable bonds is 0. The fourth-order valence-corrected chi connectivity index (χ4v) is 2.43. The molecule has 0 amide bonds. The Morgan fingerprint density at radius 3 is 2.88 bits per heavy atom. The third kappa shape index (κ3) is 1.75. The van der Waals surface area contributed by atoms with Crippen molar-refractivity contribution in [3.8, 4) is 0 Å². The molecule has 0 saturated carbocycles. The molecule has 1 aliphatic rings. The van der Waals surface area contributed by atoms with Crippen LogP contribution in [0.4, 0.5) is 0 Å². The van der Waals surface area contributed by atoms with E-state index in [2.05, 4.69) is 4.98 Å². The van der Waals surface area contributed by atoms with Crippen molar-refractivity contribution in [2.75, 3.05) is 0 Å². The Balaban J connectivity index is 2.20. The Hall–Kier alpha value is -1.67. The van der Waals surface area contributed by atoms with Crippen LogP contribution >= 0.6 is 11.6 Å². The highest BCUT2D eigenvalue weighted by molar-refractivity contribution is 6.30. The Bertz CT molecular complexity index is 607. The van der Waals surface area contributed by atoms with Crippen LogP contribution in [0.1, 0.15) is 27.2 Å². The second-order valence-corrected chi connectivity index (χ2v) is 4.56. The van der Waals surface area contributed by atoms with Crippen LogP contribution in [-0.2, 0) is 12.8 Å². The Morgan fingerprint density at radius 2 is 2.00 bits per heavy atom. The van der Waals surface area contributed by atoms with Gasteiger partial charge in [0, 0.05) is 22.3 Å². The van der Waals surface area contributed by atoms with Crippen molar-refractivity contribution in [2.24, 2.45) is 0 Å². The maximum absolute atomic E-state index is 12.4. The molecule has 1 aromatic carbocycles. The SMILES string of the molecule is O=C1c2ccc(Cl)cc2CCc2ncccc21. The summed E-state index contributed by atoms with van der Waals surface area (Å²) in [6.07, 6.45) is 3.33. The van der Waals surface area contributed by atoms with Gasteiger partial charge in [-0.2, -0.15) is 0 Å². The van der Waals surface area contributed by atoms with E-state index in [4.69, 9.17) is 11.6 Å². The van der Waals surface area contributed by atoms with Gasteiger partial charge in [0.15, 0.2) is 5.78 Å². The topological polar surface area (TPSA) is 30.0 Å². The number of carbonyl (C=O) groups excluding carboxylic acids is 1. The molecule has 1 aromatic heterocycles. The third-order valence-electron chi connectivity index (χ3n) is 3.08. The molecule has 17 heavy (non-hydrogen) atoms. The van der Waals surface area contributed by atoms with Crippen molar-refractivity contribution in [3.63, 3.8) is 0 Å². The summed E-state index contributed by atoms with van der Waals surface area (Å²) in [5.74, 6) is 0.0530. The predicted octanol–water partition coefficient (Wildman–Crippen LogP) is 3.06. The molecule has 0 atom stereocenters. The summed E-state index contributed by atoms with van der Waals surface area (Å²) >= 11 is 5.96. The molecule has 0 spiro atoms. The Labute approximate surface area is 104 Å². The van der Waals surface area contributed by atoms with Gasteiger partial charge < -0.3 is 0 Å². The van der Waals surface area contributed by atoms with Crippen molar-refractivity contribution in [1.82, 2.24) is 4.98 Å². The van der Waals surface area contributed by atoms with E-state index in [0.717, 1.165) is 29.7 Å². The van der Waals surface area contributed by atoms with Crippen LogP contribution in [0, 0.1) is 0 Å². The molecule has 0 radical (unpaired) electrons. The lowest BCUT2D eigenvalue weighted by molar-refractivity contribution is 0.103. The minimum absolute atomic E-state index is 0.0530. The summed E-state index contributed by atoms with van der Waals surface area (Å²) in [5.41, 5.74) is 3.36. The average Bonchev–Trinajstić information content (AvgIpc) is 2.48. The van der Waals surface area contributed by atoms with Gasteiger partial charge in [-0.05, 0) is 48.7 Å². The van der Waals surface area contributed by atoms with Crippen LogP contribution in [0.15, 0.2) is 36.5 Å². The molecule has 84 valence electrons. The number of aromatic nitrogens is 1. The first-order valence-corrected chi connectivity index (χ1v) is 5.90. The van der Waals surface area contributed by atoms with E-state index in [1.807, 2.05) is 18.2 Å².